The van der Waals surface area contributed by atoms with E-state index in [1.807, 2.05) is 18.2 Å². The number of carbonyl (C=O) groups is 2. The average Bonchev–Trinajstić information content (AvgIpc) is 2.90. The molecule has 4 rings (SSSR count). The van der Waals surface area contributed by atoms with Crippen LogP contribution in [0.1, 0.15) is 26.3 Å². The molecule has 0 unspecified atom stereocenters. The Balaban J connectivity index is 1.70. The molecule has 3 aromatic rings. The van der Waals surface area contributed by atoms with Crippen LogP contribution in [-0.4, -0.2) is 16.7 Å². The SMILES string of the molecule is O=C(Nc1c[nH]ccc1=O)c1ccc2c(c1)C(=O)c1ccccc1-2. The standard InChI is InChI=1S/C19H12N2O3/c22-17-7-8-20-10-16(17)21-19(24)11-5-6-13-12-3-1-2-4-14(12)18(23)15(13)9-11/h1-10H,(H,20,22)(H,21,24). The number of ketones is 1. The van der Waals surface area contributed by atoms with Crippen molar-refractivity contribution in [3.63, 3.8) is 0 Å². The normalized spacial score (nSPS) is 11.8. The van der Waals surface area contributed by atoms with Gasteiger partial charge in [-0.2, -0.15) is 0 Å². The molecule has 0 saturated carbocycles. The van der Waals surface area contributed by atoms with Crippen LogP contribution in [0.2, 0.25) is 0 Å². The van der Waals surface area contributed by atoms with E-state index in [1.54, 1.807) is 24.3 Å². The van der Waals surface area contributed by atoms with E-state index in [9.17, 15) is 14.4 Å². The largest absolute Gasteiger partial charge is 0.366 e. The molecule has 1 aliphatic rings. The first-order valence-electron chi connectivity index (χ1n) is 7.42. The molecule has 1 aromatic heterocycles. The van der Waals surface area contributed by atoms with Gasteiger partial charge in [0.15, 0.2) is 5.78 Å². The fourth-order valence-corrected chi connectivity index (χ4v) is 2.88. The summed E-state index contributed by atoms with van der Waals surface area (Å²) in [6.07, 6.45) is 2.91. The van der Waals surface area contributed by atoms with Crippen LogP contribution in [0.15, 0.2) is 65.7 Å². The number of aromatic amines is 1. The smallest absolute Gasteiger partial charge is 0.255 e. The summed E-state index contributed by atoms with van der Waals surface area (Å²) in [6, 6.07) is 13.7. The average molecular weight is 316 g/mol. The van der Waals surface area contributed by atoms with Crippen molar-refractivity contribution in [3.05, 3.63) is 87.8 Å². The second-order valence-corrected chi connectivity index (χ2v) is 5.51. The van der Waals surface area contributed by atoms with Gasteiger partial charge in [-0.1, -0.05) is 30.3 Å². The lowest BCUT2D eigenvalue weighted by molar-refractivity contribution is 0.102. The molecular formula is C19H12N2O3. The lowest BCUT2D eigenvalue weighted by atomic mass is 10.0. The van der Waals surface area contributed by atoms with E-state index in [-0.39, 0.29) is 16.9 Å². The van der Waals surface area contributed by atoms with Gasteiger partial charge in [0.1, 0.15) is 5.69 Å². The Kier molecular flexibility index (Phi) is 3.13. The van der Waals surface area contributed by atoms with Crippen molar-refractivity contribution in [2.45, 2.75) is 0 Å². The summed E-state index contributed by atoms with van der Waals surface area (Å²) in [5.74, 6) is -0.522. The van der Waals surface area contributed by atoms with Crippen molar-refractivity contribution in [3.8, 4) is 11.1 Å². The quantitative estimate of drug-likeness (QED) is 0.597. The number of pyridine rings is 1. The van der Waals surface area contributed by atoms with E-state index in [0.29, 0.717) is 16.7 Å². The lowest BCUT2D eigenvalue weighted by Crippen LogP contribution is -2.18. The maximum atomic E-state index is 12.5. The van der Waals surface area contributed by atoms with Crippen LogP contribution >= 0.6 is 0 Å². The van der Waals surface area contributed by atoms with Crippen LogP contribution in [0.25, 0.3) is 11.1 Å². The molecule has 0 atom stereocenters. The van der Waals surface area contributed by atoms with Crippen molar-refractivity contribution in [2.24, 2.45) is 0 Å². The molecule has 0 aliphatic heterocycles. The van der Waals surface area contributed by atoms with Crippen LogP contribution < -0.4 is 10.7 Å². The topological polar surface area (TPSA) is 79.0 Å². The van der Waals surface area contributed by atoms with Gasteiger partial charge >= 0.3 is 0 Å². The third kappa shape index (κ3) is 2.14. The lowest BCUT2D eigenvalue weighted by Gasteiger charge is -2.06. The Morgan fingerprint density at radius 2 is 1.62 bits per heavy atom. The van der Waals surface area contributed by atoms with Gasteiger partial charge in [-0.3, -0.25) is 14.4 Å². The van der Waals surface area contributed by atoms with E-state index in [4.69, 9.17) is 0 Å². The molecule has 116 valence electrons. The van der Waals surface area contributed by atoms with Gasteiger partial charge in [0, 0.05) is 35.2 Å². The number of carbonyl (C=O) groups excluding carboxylic acids is 2. The summed E-state index contributed by atoms with van der Waals surface area (Å²) in [5, 5.41) is 2.56. The Morgan fingerprint density at radius 1 is 0.875 bits per heavy atom. The Labute approximate surface area is 137 Å². The first-order valence-corrected chi connectivity index (χ1v) is 7.42. The second-order valence-electron chi connectivity index (χ2n) is 5.51. The van der Waals surface area contributed by atoms with Gasteiger partial charge in [-0.25, -0.2) is 0 Å². The predicted molar refractivity (Wildman–Crippen MR) is 90.3 cm³/mol. The molecule has 1 heterocycles. The molecule has 5 heteroatoms. The first-order chi connectivity index (χ1) is 11.6. The zero-order chi connectivity index (χ0) is 16.7. The molecule has 1 aliphatic carbocycles. The number of amides is 1. The number of benzene rings is 2. The highest BCUT2D eigenvalue weighted by Gasteiger charge is 2.27. The van der Waals surface area contributed by atoms with Crippen molar-refractivity contribution < 1.29 is 9.59 Å². The number of fused-ring (bicyclic) bond motifs is 3. The molecule has 24 heavy (non-hydrogen) atoms. The number of anilines is 1. The van der Waals surface area contributed by atoms with Crippen LogP contribution in [0.5, 0.6) is 0 Å². The molecule has 2 aromatic carbocycles. The van der Waals surface area contributed by atoms with E-state index in [1.165, 1.54) is 18.5 Å². The highest BCUT2D eigenvalue weighted by atomic mass is 16.2. The summed E-state index contributed by atoms with van der Waals surface area (Å²) in [5.41, 5.74) is 3.06. The Bertz CT molecular complexity index is 1050. The number of nitrogens with one attached hydrogen (secondary N) is 2. The van der Waals surface area contributed by atoms with Gasteiger partial charge < -0.3 is 10.3 Å². The van der Waals surface area contributed by atoms with Gasteiger partial charge in [-0.15, -0.1) is 0 Å². The second kappa shape index (κ2) is 5.31. The van der Waals surface area contributed by atoms with Crippen molar-refractivity contribution in [1.29, 1.82) is 0 Å². The summed E-state index contributed by atoms with van der Waals surface area (Å²) in [7, 11) is 0. The van der Waals surface area contributed by atoms with Gasteiger partial charge in [0.2, 0.25) is 5.43 Å². The minimum Gasteiger partial charge on any atom is -0.366 e. The minimum absolute atomic E-state index is 0.0900. The highest BCUT2D eigenvalue weighted by Crippen LogP contribution is 2.36. The minimum atomic E-state index is -0.432. The zero-order valence-electron chi connectivity index (χ0n) is 12.5. The number of aromatic nitrogens is 1. The third-order valence-corrected chi connectivity index (χ3v) is 4.06. The van der Waals surface area contributed by atoms with Crippen molar-refractivity contribution >= 4 is 17.4 Å². The molecule has 0 spiro atoms. The predicted octanol–water partition coefficient (Wildman–Crippen LogP) is 2.84. The summed E-state index contributed by atoms with van der Waals surface area (Å²) in [4.78, 5) is 39.3. The fourth-order valence-electron chi connectivity index (χ4n) is 2.88. The van der Waals surface area contributed by atoms with Crippen LogP contribution in [0.4, 0.5) is 5.69 Å². The molecule has 1 amide bonds. The van der Waals surface area contributed by atoms with Crippen LogP contribution in [0, 0.1) is 0 Å². The maximum Gasteiger partial charge on any atom is 0.255 e. The van der Waals surface area contributed by atoms with Gasteiger partial charge in [-0.05, 0) is 23.3 Å². The summed E-state index contributed by atoms with van der Waals surface area (Å²) < 4.78 is 0. The number of H-pyrrole nitrogens is 1. The number of hydrogen-bond donors (Lipinski definition) is 2. The van der Waals surface area contributed by atoms with Crippen LogP contribution in [-0.2, 0) is 0 Å². The maximum absolute atomic E-state index is 12.5. The molecule has 2 N–H and O–H groups in total. The van der Waals surface area contributed by atoms with E-state index in [0.717, 1.165) is 11.1 Å². The van der Waals surface area contributed by atoms with Crippen LogP contribution in [0.3, 0.4) is 0 Å². The molecule has 0 fully saturated rings. The van der Waals surface area contributed by atoms with E-state index < -0.39 is 5.91 Å². The van der Waals surface area contributed by atoms with Gasteiger partial charge in [0.05, 0.1) is 0 Å². The van der Waals surface area contributed by atoms with Crippen molar-refractivity contribution in [2.75, 3.05) is 5.32 Å². The third-order valence-electron chi connectivity index (χ3n) is 4.06. The fraction of sp³-hybridized carbons (Fsp3) is 0. The molecule has 0 bridgehead atoms. The van der Waals surface area contributed by atoms with Crippen molar-refractivity contribution in [1.82, 2.24) is 4.98 Å². The number of hydrogen-bond acceptors (Lipinski definition) is 3. The molecular weight excluding hydrogens is 304 g/mol. The molecule has 0 saturated heterocycles. The first kappa shape index (κ1) is 14.1. The number of rotatable bonds is 2. The summed E-state index contributed by atoms with van der Waals surface area (Å²) >= 11 is 0. The van der Waals surface area contributed by atoms with E-state index >= 15 is 0 Å². The Morgan fingerprint density at radius 3 is 2.42 bits per heavy atom. The Hall–Kier alpha value is -3.47. The van der Waals surface area contributed by atoms with Gasteiger partial charge in [0.25, 0.3) is 5.91 Å². The van der Waals surface area contributed by atoms with E-state index in [2.05, 4.69) is 10.3 Å². The summed E-state index contributed by atoms with van der Waals surface area (Å²) in [6.45, 7) is 0. The zero-order valence-corrected chi connectivity index (χ0v) is 12.5. The highest BCUT2D eigenvalue weighted by molar-refractivity contribution is 6.22. The monoisotopic (exact) mass is 316 g/mol. The molecule has 5 nitrogen and oxygen atoms in total. The molecule has 0 radical (unpaired) electrons.